The van der Waals surface area contributed by atoms with E-state index in [0.717, 1.165) is 11.1 Å². The fourth-order valence-electron chi connectivity index (χ4n) is 2.34. The predicted octanol–water partition coefficient (Wildman–Crippen LogP) is 2.49. The predicted molar refractivity (Wildman–Crippen MR) is 77.5 cm³/mol. The Labute approximate surface area is 119 Å². The summed E-state index contributed by atoms with van der Waals surface area (Å²) in [4.78, 5) is 14.8. The van der Waals surface area contributed by atoms with Gasteiger partial charge in [0.25, 0.3) is 5.91 Å². The van der Waals surface area contributed by atoms with E-state index in [1.54, 1.807) is 11.0 Å². The number of thiophene rings is 1. The van der Waals surface area contributed by atoms with Gasteiger partial charge in [-0.15, -0.1) is 11.3 Å². The third-order valence-electron chi connectivity index (χ3n) is 3.39. The number of hydrogen-bond acceptors (Lipinski definition) is 4. The molecule has 0 bridgehead atoms. The summed E-state index contributed by atoms with van der Waals surface area (Å²) < 4.78 is 19.4. The molecule has 4 nitrogen and oxygen atoms in total. The van der Waals surface area contributed by atoms with Gasteiger partial charge in [-0.3, -0.25) is 4.79 Å². The van der Waals surface area contributed by atoms with Crippen molar-refractivity contribution < 1.29 is 13.9 Å². The molecule has 20 heavy (non-hydrogen) atoms. The number of nitrogens with zero attached hydrogens (tertiary/aromatic N) is 1. The van der Waals surface area contributed by atoms with Crippen molar-refractivity contribution in [2.45, 2.75) is 6.42 Å². The Morgan fingerprint density at radius 3 is 3.05 bits per heavy atom. The molecule has 1 aromatic carbocycles. The number of carbonyl (C=O) groups is 1. The molecule has 6 heteroatoms. The SMILES string of the molecule is Nc1c(C(=O)N2CCCOCC2)sc2ccc(F)cc12. The maximum Gasteiger partial charge on any atom is 0.266 e. The minimum absolute atomic E-state index is 0.0883. The lowest BCUT2D eigenvalue weighted by Crippen LogP contribution is -2.33. The zero-order valence-corrected chi connectivity index (χ0v) is 11.7. The number of nitrogens with two attached hydrogens (primary N) is 1. The monoisotopic (exact) mass is 294 g/mol. The van der Waals surface area contributed by atoms with Gasteiger partial charge in [0.1, 0.15) is 10.7 Å². The molecule has 0 saturated carbocycles. The van der Waals surface area contributed by atoms with Crippen molar-refractivity contribution in [2.75, 3.05) is 32.0 Å². The molecule has 1 saturated heterocycles. The van der Waals surface area contributed by atoms with Crippen molar-refractivity contribution in [2.24, 2.45) is 0 Å². The van der Waals surface area contributed by atoms with Crippen LogP contribution in [0.15, 0.2) is 18.2 Å². The number of carbonyl (C=O) groups excluding carboxylic acids is 1. The zero-order chi connectivity index (χ0) is 14.1. The molecule has 2 aromatic rings. The fraction of sp³-hybridized carbons (Fsp3) is 0.357. The van der Waals surface area contributed by atoms with Crippen LogP contribution in [-0.2, 0) is 4.74 Å². The molecule has 0 unspecified atom stereocenters. The topological polar surface area (TPSA) is 55.6 Å². The molecule has 2 N–H and O–H groups in total. The van der Waals surface area contributed by atoms with Gasteiger partial charge in [-0.05, 0) is 24.6 Å². The Morgan fingerprint density at radius 2 is 2.20 bits per heavy atom. The van der Waals surface area contributed by atoms with E-state index in [0.29, 0.717) is 42.3 Å². The fourth-order valence-corrected chi connectivity index (χ4v) is 3.41. The number of hydrogen-bond donors (Lipinski definition) is 1. The number of nitrogen functional groups attached to an aromatic ring is 1. The maximum absolute atomic E-state index is 13.3. The molecule has 106 valence electrons. The lowest BCUT2D eigenvalue weighted by molar-refractivity contribution is 0.0747. The number of ether oxygens (including phenoxy) is 1. The van der Waals surface area contributed by atoms with Gasteiger partial charge in [-0.25, -0.2) is 4.39 Å². The van der Waals surface area contributed by atoms with Crippen molar-refractivity contribution in [1.29, 1.82) is 0 Å². The molecule has 0 radical (unpaired) electrons. The second-order valence-corrected chi connectivity index (χ2v) is 5.80. The Bertz CT molecular complexity index is 648. The van der Waals surface area contributed by atoms with Crippen LogP contribution in [0.3, 0.4) is 0 Å². The van der Waals surface area contributed by atoms with Gasteiger partial charge in [-0.1, -0.05) is 0 Å². The van der Waals surface area contributed by atoms with Crippen molar-refractivity contribution in [1.82, 2.24) is 4.90 Å². The molecule has 1 aromatic heterocycles. The van der Waals surface area contributed by atoms with Crippen molar-refractivity contribution in [3.05, 3.63) is 28.9 Å². The van der Waals surface area contributed by atoms with E-state index in [9.17, 15) is 9.18 Å². The summed E-state index contributed by atoms with van der Waals surface area (Å²) in [5.41, 5.74) is 6.39. The summed E-state index contributed by atoms with van der Waals surface area (Å²) in [7, 11) is 0. The third-order valence-corrected chi connectivity index (χ3v) is 4.57. The average molecular weight is 294 g/mol. The molecule has 0 atom stereocenters. The maximum atomic E-state index is 13.3. The minimum atomic E-state index is -0.343. The first kappa shape index (κ1) is 13.3. The summed E-state index contributed by atoms with van der Waals surface area (Å²) in [5, 5.41) is 0.615. The van der Waals surface area contributed by atoms with Gasteiger partial charge in [-0.2, -0.15) is 0 Å². The highest BCUT2D eigenvalue weighted by Crippen LogP contribution is 2.34. The van der Waals surface area contributed by atoms with E-state index in [1.165, 1.54) is 23.5 Å². The number of fused-ring (bicyclic) bond motifs is 1. The van der Waals surface area contributed by atoms with Crippen LogP contribution in [0.4, 0.5) is 10.1 Å². The first-order chi connectivity index (χ1) is 9.66. The lowest BCUT2D eigenvalue weighted by atomic mass is 10.2. The summed E-state index contributed by atoms with van der Waals surface area (Å²) in [6.45, 7) is 2.46. The van der Waals surface area contributed by atoms with Crippen LogP contribution in [0.25, 0.3) is 10.1 Å². The van der Waals surface area contributed by atoms with E-state index in [2.05, 4.69) is 0 Å². The van der Waals surface area contributed by atoms with Crippen molar-refractivity contribution >= 4 is 33.0 Å². The molecule has 1 aliphatic heterocycles. The van der Waals surface area contributed by atoms with E-state index >= 15 is 0 Å². The van der Waals surface area contributed by atoms with E-state index < -0.39 is 0 Å². The van der Waals surface area contributed by atoms with Gasteiger partial charge in [0.15, 0.2) is 0 Å². The highest BCUT2D eigenvalue weighted by atomic mass is 32.1. The Morgan fingerprint density at radius 1 is 1.35 bits per heavy atom. The van der Waals surface area contributed by atoms with Crippen LogP contribution in [0.5, 0.6) is 0 Å². The molecule has 0 spiro atoms. The Hall–Kier alpha value is -1.66. The van der Waals surface area contributed by atoms with Crippen LogP contribution in [0.2, 0.25) is 0 Å². The number of anilines is 1. The number of halogens is 1. The van der Waals surface area contributed by atoms with Gasteiger partial charge in [0.2, 0.25) is 0 Å². The quantitative estimate of drug-likeness (QED) is 0.879. The average Bonchev–Trinajstić information content (AvgIpc) is 2.66. The van der Waals surface area contributed by atoms with Crippen LogP contribution < -0.4 is 5.73 Å². The normalized spacial score (nSPS) is 16.4. The molecule has 0 aliphatic carbocycles. The summed E-state index contributed by atoms with van der Waals surface area (Å²) >= 11 is 1.32. The van der Waals surface area contributed by atoms with Gasteiger partial charge in [0.05, 0.1) is 12.3 Å². The van der Waals surface area contributed by atoms with Crippen LogP contribution >= 0.6 is 11.3 Å². The van der Waals surface area contributed by atoms with Crippen LogP contribution in [-0.4, -0.2) is 37.1 Å². The number of rotatable bonds is 1. The largest absolute Gasteiger partial charge is 0.397 e. The highest BCUT2D eigenvalue weighted by molar-refractivity contribution is 7.21. The van der Waals surface area contributed by atoms with Crippen molar-refractivity contribution in [3.63, 3.8) is 0 Å². The second kappa shape index (κ2) is 5.38. The second-order valence-electron chi connectivity index (χ2n) is 4.74. The number of benzene rings is 1. The molecule has 1 fully saturated rings. The van der Waals surface area contributed by atoms with E-state index in [4.69, 9.17) is 10.5 Å². The summed E-state index contributed by atoms with van der Waals surface area (Å²) in [6, 6.07) is 4.42. The first-order valence-corrected chi connectivity index (χ1v) is 7.33. The standard InChI is InChI=1S/C14H15FN2O2S/c15-9-2-3-11-10(8-9)12(16)13(20-11)14(18)17-4-1-6-19-7-5-17/h2-3,8H,1,4-7,16H2. The van der Waals surface area contributed by atoms with Gasteiger partial charge >= 0.3 is 0 Å². The molecular formula is C14H15FN2O2S. The van der Waals surface area contributed by atoms with Crippen LogP contribution in [0.1, 0.15) is 16.1 Å². The molecule has 1 aliphatic rings. The molecule has 2 heterocycles. The molecular weight excluding hydrogens is 279 g/mol. The van der Waals surface area contributed by atoms with E-state index in [-0.39, 0.29) is 11.7 Å². The smallest absolute Gasteiger partial charge is 0.266 e. The van der Waals surface area contributed by atoms with E-state index in [1.807, 2.05) is 0 Å². The van der Waals surface area contributed by atoms with Crippen molar-refractivity contribution in [3.8, 4) is 0 Å². The summed E-state index contributed by atoms with van der Waals surface area (Å²) in [5.74, 6) is -0.432. The van der Waals surface area contributed by atoms with Gasteiger partial charge in [0, 0.05) is 29.8 Å². The zero-order valence-electron chi connectivity index (χ0n) is 10.9. The van der Waals surface area contributed by atoms with Crippen LogP contribution in [0, 0.1) is 5.82 Å². The Kier molecular flexibility index (Phi) is 3.58. The molecule has 1 amide bonds. The number of amides is 1. The third kappa shape index (κ3) is 2.36. The minimum Gasteiger partial charge on any atom is -0.397 e. The van der Waals surface area contributed by atoms with Gasteiger partial charge < -0.3 is 15.4 Å². The first-order valence-electron chi connectivity index (χ1n) is 6.51. The Balaban J connectivity index is 1.96. The molecule has 3 rings (SSSR count). The lowest BCUT2D eigenvalue weighted by Gasteiger charge is -2.18. The highest BCUT2D eigenvalue weighted by Gasteiger charge is 2.23. The summed E-state index contributed by atoms with van der Waals surface area (Å²) in [6.07, 6.45) is 0.825.